The second kappa shape index (κ2) is 4.94. The number of hydrogen-bond acceptors (Lipinski definition) is 3. The van der Waals surface area contributed by atoms with E-state index in [2.05, 4.69) is 71.4 Å². The van der Waals surface area contributed by atoms with Gasteiger partial charge in [0.25, 0.3) is 0 Å². The molecule has 92 valence electrons. The molecule has 0 spiro atoms. The van der Waals surface area contributed by atoms with Gasteiger partial charge < -0.3 is 9.80 Å². The Morgan fingerprint density at radius 3 is 2.39 bits per heavy atom. The number of benzene rings is 2. The average Bonchev–Trinajstić information content (AvgIpc) is 2.75. The van der Waals surface area contributed by atoms with Gasteiger partial charge in [-0.15, -0.1) is 11.8 Å². The summed E-state index contributed by atoms with van der Waals surface area (Å²) < 4.78 is 0. The van der Waals surface area contributed by atoms with Crippen molar-refractivity contribution < 1.29 is 0 Å². The Bertz CT molecular complexity index is 527. The monoisotopic (exact) mass is 256 g/mol. The van der Waals surface area contributed by atoms with Crippen LogP contribution in [0.1, 0.15) is 0 Å². The first-order valence-corrected chi connectivity index (χ1v) is 7.06. The Labute approximate surface area is 112 Å². The summed E-state index contributed by atoms with van der Waals surface area (Å²) in [5.41, 5.74) is 2.66. The molecule has 0 fully saturated rings. The quantitative estimate of drug-likeness (QED) is 0.774. The van der Waals surface area contributed by atoms with Gasteiger partial charge in [0.2, 0.25) is 0 Å². The highest BCUT2D eigenvalue weighted by Gasteiger charge is 2.21. The highest BCUT2D eigenvalue weighted by Crippen LogP contribution is 2.36. The molecule has 0 atom stereocenters. The molecule has 18 heavy (non-hydrogen) atoms. The minimum atomic E-state index is 0.971. The molecule has 0 N–H and O–H groups in total. The van der Waals surface area contributed by atoms with Crippen molar-refractivity contribution in [2.24, 2.45) is 0 Å². The van der Waals surface area contributed by atoms with Crippen LogP contribution >= 0.6 is 11.8 Å². The summed E-state index contributed by atoms with van der Waals surface area (Å²) in [7, 11) is 2.14. The van der Waals surface area contributed by atoms with Gasteiger partial charge in [-0.05, 0) is 24.3 Å². The Balaban J connectivity index is 1.72. The summed E-state index contributed by atoms with van der Waals surface area (Å²) in [6.07, 6.45) is 0. The van der Waals surface area contributed by atoms with E-state index in [4.69, 9.17) is 0 Å². The van der Waals surface area contributed by atoms with Gasteiger partial charge in [0.15, 0.2) is 0 Å². The van der Waals surface area contributed by atoms with Gasteiger partial charge in [0, 0.05) is 11.9 Å². The van der Waals surface area contributed by atoms with Crippen molar-refractivity contribution in [3.05, 3.63) is 54.6 Å². The van der Waals surface area contributed by atoms with Crippen molar-refractivity contribution in [2.45, 2.75) is 4.90 Å². The second-order valence-electron chi connectivity index (χ2n) is 4.45. The first kappa shape index (κ1) is 11.5. The molecular formula is C15H16N2S. The molecule has 0 saturated carbocycles. The highest BCUT2D eigenvalue weighted by atomic mass is 32.2. The fourth-order valence-electron chi connectivity index (χ4n) is 2.24. The largest absolute Gasteiger partial charge is 0.355 e. The fourth-order valence-corrected chi connectivity index (χ4v) is 3.12. The average molecular weight is 256 g/mol. The van der Waals surface area contributed by atoms with E-state index in [0.29, 0.717) is 0 Å². The van der Waals surface area contributed by atoms with Crippen molar-refractivity contribution in [1.29, 1.82) is 0 Å². The first-order valence-electron chi connectivity index (χ1n) is 6.07. The van der Waals surface area contributed by atoms with Crippen LogP contribution in [0.15, 0.2) is 59.5 Å². The van der Waals surface area contributed by atoms with E-state index in [1.165, 1.54) is 16.3 Å². The van der Waals surface area contributed by atoms with Gasteiger partial charge in [0.1, 0.15) is 0 Å². The lowest BCUT2D eigenvalue weighted by Crippen LogP contribution is -2.27. The summed E-state index contributed by atoms with van der Waals surface area (Å²) in [5, 5.41) is 0. The molecule has 2 aromatic carbocycles. The van der Waals surface area contributed by atoms with E-state index in [1.807, 2.05) is 11.8 Å². The Morgan fingerprint density at radius 1 is 0.944 bits per heavy atom. The summed E-state index contributed by atoms with van der Waals surface area (Å²) >= 11 is 1.88. The first-order chi connectivity index (χ1) is 8.84. The van der Waals surface area contributed by atoms with Gasteiger partial charge in [-0.1, -0.05) is 30.3 Å². The third kappa shape index (κ3) is 2.18. The van der Waals surface area contributed by atoms with Crippen molar-refractivity contribution in [1.82, 2.24) is 0 Å². The van der Waals surface area contributed by atoms with Crippen LogP contribution in [-0.2, 0) is 0 Å². The molecule has 3 rings (SSSR count). The molecule has 0 unspecified atom stereocenters. The summed E-state index contributed by atoms with van der Waals surface area (Å²) in [6.45, 7) is 0.971. The normalized spacial score (nSPS) is 13.8. The van der Waals surface area contributed by atoms with Crippen molar-refractivity contribution in [3.63, 3.8) is 0 Å². The zero-order chi connectivity index (χ0) is 12.4. The van der Waals surface area contributed by atoms with Crippen LogP contribution in [0.4, 0.5) is 11.4 Å². The third-order valence-corrected chi connectivity index (χ3v) is 4.19. The molecule has 3 heteroatoms. The lowest BCUT2D eigenvalue weighted by atomic mass is 10.3. The maximum atomic E-state index is 2.41. The summed E-state index contributed by atoms with van der Waals surface area (Å²) in [5.74, 6) is 0.991. The van der Waals surface area contributed by atoms with Crippen LogP contribution in [0.5, 0.6) is 0 Å². The molecule has 0 radical (unpaired) electrons. The molecule has 0 amide bonds. The maximum Gasteiger partial charge on any atom is 0.0909 e. The van der Waals surface area contributed by atoms with E-state index in [1.54, 1.807) is 0 Å². The Kier molecular flexibility index (Phi) is 3.15. The highest BCUT2D eigenvalue weighted by molar-refractivity contribution is 7.99. The molecule has 1 heterocycles. The topological polar surface area (TPSA) is 6.48 Å². The zero-order valence-corrected chi connectivity index (χ0v) is 11.2. The summed E-state index contributed by atoms with van der Waals surface area (Å²) in [6, 6.07) is 19.2. The van der Waals surface area contributed by atoms with E-state index < -0.39 is 0 Å². The predicted octanol–water partition coefficient (Wildman–Crippen LogP) is 3.65. The lowest BCUT2D eigenvalue weighted by Gasteiger charge is -2.18. The van der Waals surface area contributed by atoms with Crippen LogP contribution in [0.2, 0.25) is 0 Å². The predicted molar refractivity (Wildman–Crippen MR) is 79.4 cm³/mol. The second-order valence-corrected chi connectivity index (χ2v) is 5.47. The minimum absolute atomic E-state index is 0.971. The van der Waals surface area contributed by atoms with E-state index in [0.717, 1.165) is 12.5 Å². The van der Waals surface area contributed by atoms with Crippen LogP contribution in [0.25, 0.3) is 0 Å². The molecule has 2 nitrogen and oxygen atoms in total. The van der Waals surface area contributed by atoms with Gasteiger partial charge in [-0.3, -0.25) is 0 Å². The smallest absolute Gasteiger partial charge is 0.0909 e. The van der Waals surface area contributed by atoms with E-state index in [-0.39, 0.29) is 0 Å². The van der Waals surface area contributed by atoms with Gasteiger partial charge in [-0.2, -0.15) is 0 Å². The lowest BCUT2D eigenvalue weighted by molar-refractivity contribution is 0.901. The Morgan fingerprint density at radius 2 is 1.61 bits per heavy atom. The maximum absolute atomic E-state index is 2.41. The standard InChI is InChI=1S/C15H16N2S/c1-16-11-17(15-10-6-5-9-14(15)16)12-18-13-7-3-2-4-8-13/h2-10H,11-12H2,1H3. The zero-order valence-electron chi connectivity index (χ0n) is 10.4. The molecule has 1 aliphatic rings. The van der Waals surface area contributed by atoms with Crippen LogP contribution in [0.3, 0.4) is 0 Å². The number of para-hydroxylation sites is 2. The molecule has 0 saturated heterocycles. The van der Waals surface area contributed by atoms with Crippen LogP contribution < -0.4 is 9.80 Å². The number of nitrogens with zero attached hydrogens (tertiary/aromatic N) is 2. The molecule has 0 aliphatic carbocycles. The summed E-state index contributed by atoms with van der Waals surface area (Å²) in [4.78, 5) is 6.03. The minimum Gasteiger partial charge on any atom is -0.355 e. The number of rotatable bonds is 3. The number of hydrogen-bond donors (Lipinski definition) is 0. The van der Waals surface area contributed by atoms with E-state index >= 15 is 0 Å². The number of fused-ring (bicyclic) bond motifs is 1. The van der Waals surface area contributed by atoms with Crippen molar-refractivity contribution in [3.8, 4) is 0 Å². The van der Waals surface area contributed by atoms with Gasteiger partial charge in [-0.25, -0.2) is 0 Å². The molecule has 1 aliphatic heterocycles. The molecular weight excluding hydrogens is 240 g/mol. The molecule has 0 bridgehead atoms. The van der Waals surface area contributed by atoms with Crippen molar-refractivity contribution in [2.75, 3.05) is 29.4 Å². The third-order valence-electron chi connectivity index (χ3n) is 3.15. The van der Waals surface area contributed by atoms with Crippen molar-refractivity contribution >= 4 is 23.1 Å². The van der Waals surface area contributed by atoms with Crippen LogP contribution in [-0.4, -0.2) is 19.6 Å². The van der Waals surface area contributed by atoms with Gasteiger partial charge in [0.05, 0.1) is 23.9 Å². The number of anilines is 2. The fraction of sp³-hybridized carbons (Fsp3) is 0.200. The van der Waals surface area contributed by atoms with Gasteiger partial charge >= 0.3 is 0 Å². The number of thioether (sulfide) groups is 1. The van der Waals surface area contributed by atoms with Crippen LogP contribution in [0, 0.1) is 0 Å². The van der Waals surface area contributed by atoms with E-state index in [9.17, 15) is 0 Å². The molecule has 0 aromatic heterocycles. The Hall–Kier alpha value is -1.61. The molecule has 2 aromatic rings. The SMILES string of the molecule is CN1CN(CSc2ccccc2)c2ccccc21.